The molecule has 0 saturated carbocycles. The van der Waals surface area contributed by atoms with E-state index in [-0.39, 0.29) is 6.03 Å². The maximum absolute atomic E-state index is 12.3. The third-order valence-corrected chi connectivity index (χ3v) is 4.20. The number of nitrogens with one attached hydrogen (secondary N) is 1. The fourth-order valence-corrected chi connectivity index (χ4v) is 2.68. The second-order valence-corrected chi connectivity index (χ2v) is 6.12. The number of nitrogens with zero attached hydrogens (tertiary/aromatic N) is 1. The van der Waals surface area contributed by atoms with Crippen molar-refractivity contribution in [3.8, 4) is 11.1 Å². The summed E-state index contributed by atoms with van der Waals surface area (Å²) in [5.41, 5.74) is 3.18. The fourth-order valence-electron chi connectivity index (χ4n) is 2.68. The number of benzene rings is 2. The van der Waals surface area contributed by atoms with Crippen molar-refractivity contribution in [2.24, 2.45) is 0 Å². The smallest absolute Gasteiger partial charge is 0.321 e. The number of hydrogen-bond donors (Lipinski definition) is 1. The molecule has 128 valence electrons. The lowest BCUT2D eigenvalue weighted by Crippen LogP contribution is -2.37. The molecule has 0 unspecified atom stereocenters. The van der Waals surface area contributed by atoms with Crippen LogP contribution in [0.25, 0.3) is 11.1 Å². The molecule has 0 aliphatic heterocycles. The van der Waals surface area contributed by atoms with Crippen molar-refractivity contribution in [3.63, 3.8) is 0 Å². The minimum atomic E-state index is -0.0456. The molecule has 2 aromatic rings. The van der Waals surface area contributed by atoms with E-state index in [0.717, 1.165) is 29.8 Å². The summed E-state index contributed by atoms with van der Waals surface area (Å²) in [5, 5.41) is 3.00. The standard InChI is InChI=1S/C21H28N2O/c1-3-4-5-6-10-16-22-21(24)23(2)20-15-11-14-19(17-20)18-12-8-7-9-13-18/h7-9,11-15,17H,3-6,10,16H2,1-2H3,(H,22,24). The number of carbonyl (C=O) groups excluding carboxylic acids is 1. The van der Waals surface area contributed by atoms with Crippen LogP contribution in [-0.4, -0.2) is 19.6 Å². The number of rotatable bonds is 8. The van der Waals surface area contributed by atoms with Gasteiger partial charge in [-0.05, 0) is 29.7 Å². The molecule has 1 N–H and O–H groups in total. The third kappa shape index (κ3) is 5.41. The van der Waals surface area contributed by atoms with Gasteiger partial charge < -0.3 is 5.32 Å². The summed E-state index contributed by atoms with van der Waals surface area (Å²) in [6.07, 6.45) is 6.00. The van der Waals surface area contributed by atoms with E-state index in [2.05, 4.69) is 36.5 Å². The minimum Gasteiger partial charge on any atom is -0.338 e. The average Bonchev–Trinajstić information content (AvgIpc) is 2.64. The highest BCUT2D eigenvalue weighted by atomic mass is 16.2. The quantitative estimate of drug-likeness (QED) is 0.642. The molecule has 0 aromatic heterocycles. The van der Waals surface area contributed by atoms with Crippen LogP contribution in [0.5, 0.6) is 0 Å². The summed E-state index contributed by atoms with van der Waals surface area (Å²) in [6.45, 7) is 2.95. The largest absolute Gasteiger partial charge is 0.338 e. The van der Waals surface area contributed by atoms with Crippen LogP contribution in [0.3, 0.4) is 0 Å². The van der Waals surface area contributed by atoms with Crippen molar-refractivity contribution in [1.29, 1.82) is 0 Å². The molecule has 0 heterocycles. The van der Waals surface area contributed by atoms with Gasteiger partial charge in [0.05, 0.1) is 0 Å². The summed E-state index contributed by atoms with van der Waals surface area (Å²) in [4.78, 5) is 14.0. The van der Waals surface area contributed by atoms with Crippen LogP contribution < -0.4 is 10.2 Å². The first kappa shape index (κ1) is 18.1. The zero-order chi connectivity index (χ0) is 17.2. The Kier molecular flexibility index (Phi) is 7.34. The van der Waals surface area contributed by atoms with Crippen molar-refractivity contribution in [2.75, 3.05) is 18.5 Å². The average molecular weight is 324 g/mol. The Morgan fingerprint density at radius 2 is 1.62 bits per heavy atom. The Hall–Kier alpha value is -2.29. The van der Waals surface area contributed by atoms with Crippen molar-refractivity contribution >= 4 is 11.7 Å². The van der Waals surface area contributed by atoms with Gasteiger partial charge in [0.15, 0.2) is 0 Å². The summed E-state index contributed by atoms with van der Waals surface area (Å²) in [5.74, 6) is 0. The number of carbonyl (C=O) groups is 1. The summed E-state index contributed by atoms with van der Waals surface area (Å²) in [7, 11) is 1.82. The second kappa shape index (κ2) is 9.76. The van der Waals surface area contributed by atoms with E-state index in [4.69, 9.17) is 0 Å². The molecule has 2 aromatic carbocycles. The number of unbranched alkanes of at least 4 members (excludes halogenated alkanes) is 4. The molecular formula is C21H28N2O. The van der Waals surface area contributed by atoms with Gasteiger partial charge >= 0.3 is 6.03 Å². The first-order valence-electron chi connectivity index (χ1n) is 8.89. The Labute approximate surface area is 145 Å². The van der Waals surface area contributed by atoms with E-state index >= 15 is 0 Å². The van der Waals surface area contributed by atoms with Crippen LogP contribution in [-0.2, 0) is 0 Å². The van der Waals surface area contributed by atoms with E-state index in [1.54, 1.807) is 4.90 Å². The zero-order valence-corrected chi connectivity index (χ0v) is 14.8. The molecular weight excluding hydrogens is 296 g/mol. The molecule has 0 bridgehead atoms. The first-order valence-corrected chi connectivity index (χ1v) is 8.89. The van der Waals surface area contributed by atoms with Crippen LogP contribution in [0.15, 0.2) is 54.6 Å². The fraction of sp³-hybridized carbons (Fsp3) is 0.381. The van der Waals surface area contributed by atoms with Crippen LogP contribution in [0, 0.1) is 0 Å². The molecule has 0 aliphatic carbocycles. The molecule has 2 amide bonds. The SMILES string of the molecule is CCCCCCCNC(=O)N(C)c1cccc(-c2ccccc2)c1. The van der Waals surface area contributed by atoms with Gasteiger partial charge in [-0.2, -0.15) is 0 Å². The van der Waals surface area contributed by atoms with Crippen molar-refractivity contribution in [1.82, 2.24) is 5.32 Å². The Bertz CT molecular complexity index is 625. The zero-order valence-electron chi connectivity index (χ0n) is 14.8. The summed E-state index contributed by atoms with van der Waals surface area (Å²) >= 11 is 0. The first-order chi connectivity index (χ1) is 11.7. The molecule has 3 nitrogen and oxygen atoms in total. The van der Waals surface area contributed by atoms with E-state index < -0.39 is 0 Å². The molecule has 3 heteroatoms. The number of hydrogen-bond acceptors (Lipinski definition) is 1. The van der Waals surface area contributed by atoms with Gasteiger partial charge in [0.1, 0.15) is 0 Å². The molecule has 24 heavy (non-hydrogen) atoms. The second-order valence-electron chi connectivity index (χ2n) is 6.12. The summed E-state index contributed by atoms with van der Waals surface area (Å²) in [6, 6.07) is 18.2. The molecule has 0 atom stereocenters. The van der Waals surface area contributed by atoms with Gasteiger partial charge in [0.25, 0.3) is 0 Å². The molecule has 0 aliphatic rings. The molecule has 0 radical (unpaired) electrons. The van der Waals surface area contributed by atoms with Crippen LogP contribution in [0.1, 0.15) is 39.0 Å². The normalized spacial score (nSPS) is 10.4. The Balaban J connectivity index is 1.90. The number of urea groups is 1. The van der Waals surface area contributed by atoms with Gasteiger partial charge in [-0.15, -0.1) is 0 Å². The molecule has 0 fully saturated rings. The van der Waals surface area contributed by atoms with Crippen molar-refractivity contribution in [3.05, 3.63) is 54.6 Å². The van der Waals surface area contributed by atoms with Gasteiger partial charge in [-0.3, -0.25) is 4.90 Å². The van der Waals surface area contributed by atoms with Crippen LogP contribution in [0.2, 0.25) is 0 Å². The van der Waals surface area contributed by atoms with E-state index in [9.17, 15) is 4.79 Å². The van der Waals surface area contributed by atoms with Gasteiger partial charge in [-0.25, -0.2) is 4.79 Å². The van der Waals surface area contributed by atoms with Crippen molar-refractivity contribution in [2.45, 2.75) is 39.0 Å². The molecule has 0 saturated heterocycles. The highest BCUT2D eigenvalue weighted by Crippen LogP contribution is 2.24. The van der Waals surface area contributed by atoms with E-state index in [0.29, 0.717) is 0 Å². The van der Waals surface area contributed by atoms with Crippen molar-refractivity contribution < 1.29 is 4.79 Å². The predicted octanol–water partition coefficient (Wildman–Crippen LogP) is 5.47. The van der Waals surface area contributed by atoms with Gasteiger partial charge in [0.2, 0.25) is 0 Å². The Morgan fingerprint density at radius 1 is 0.917 bits per heavy atom. The Morgan fingerprint density at radius 3 is 2.38 bits per heavy atom. The van der Waals surface area contributed by atoms with E-state index in [1.807, 2.05) is 37.4 Å². The van der Waals surface area contributed by atoms with Gasteiger partial charge in [0, 0.05) is 19.3 Å². The molecule has 2 rings (SSSR count). The highest BCUT2D eigenvalue weighted by Gasteiger charge is 2.10. The van der Waals surface area contributed by atoms with Gasteiger partial charge in [-0.1, -0.05) is 75.1 Å². The predicted molar refractivity (Wildman–Crippen MR) is 102 cm³/mol. The van der Waals surface area contributed by atoms with E-state index in [1.165, 1.54) is 25.7 Å². The topological polar surface area (TPSA) is 32.3 Å². The lowest BCUT2D eigenvalue weighted by molar-refractivity contribution is 0.247. The maximum Gasteiger partial charge on any atom is 0.321 e. The highest BCUT2D eigenvalue weighted by molar-refractivity contribution is 5.92. The van der Waals surface area contributed by atoms with Crippen LogP contribution in [0.4, 0.5) is 10.5 Å². The number of amides is 2. The minimum absolute atomic E-state index is 0.0456. The summed E-state index contributed by atoms with van der Waals surface area (Å²) < 4.78 is 0. The third-order valence-electron chi connectivity index (χ3n) is 4.20. The lowest BCUT2D eigenvalue weighted by atomic mass is 10.1. The lowest BCUT2D eigenvalue weighted by Gasteiger charge is -2.19. The monoisotopic (exact) mass is 324 g/mol. The maximum atomic E-state index is 12.3. The van der Waals surface area contributed by atoms with Crippen LogP contribution >= 0.6 is 0 Å². The molecule has 0 spiro atoms. The number of anilines is 1.